The highest BCUT2D eigenvalue weighted by atomic mass is 79.9. The van der Waals surface area contributed by atoms with Crippen LogP contribution in [0.15, 0.2) is 223 Å². The van der Waals surface area contributed by atoms with Gasteiger partial charge in [0.2, 0.25) is 0 Å². The Bertz CT molecular complexity index is 5130. The molecule has 0 spiro atoms. The molecule has 2 aromatic heterocycles. The molecule has 3 aliphatic heterocycles. The number of halogens is 1. The van der Waals surface area contributed by atoms with Gasteiger partial charge in [-0.15, -0.1) is 0 Å². The number of benzene rings is 12. The molecule has 0 unspecified atom stereocenters. The molecule has 90 heavy (non-hydrogen) atoms. The van der Waals surface area contributed by atoms with Crippen molar-refractivity contribution in [1.82, 2.24) is 9.13 Å². The van der Waals surface area contributed by atoms with Gasteiger partial charge in [0.1, 0.15) is 0 Å². The second-order valence-electron chi connectivity index (χ2n) is 27.6. The smallest absolute Gasteiger partial charge is 0.405 e. The van der Waals surface area contributed by atoms with Gasteiger partial charge in [0.05, 0.1) is 55.7 Å². The second-order valence-corrected chi connectivity index (χ2v) is 28.5. The van der Waals surface area contributed by atoms with Crippen molar-refractivity contribution in [3.8, 4) is 11.4 Å². The van der Waals surface area contributed by atoms with Crippen LogP contribution in [-0.2, 0) is 27.9 Å². The molecular weight excluding hydrogens is 1170 g/mol. The van der Waals surface area contributed by atoms with Crippen LogP contribution in [0.4, 0.5) is 0 Å². The summed E-state index contributed by atoms with van der Waals surface area (Å²) in [5.74, 6) is 0. The normalized spacial score (nSPS) is 18.0. The molecule has 0 N–H and O–H groups in total. The number of fused-ring (bicyclic) bond motifs is 18. The van der Waals surface area contributed by atoms with E-state index in [1.807, 2.05) is 55.4 Å². The third-order valence-electron chi connectivity index (χ3n) is 20.6. The molecule has 3 saturated heterocycles. The Kier molecular flexibility index (Phi) is 13.8. The first-order chi connectivity index (χ1) is 43.0. The molecule has 8 nitrogen and oxygen atoms in total. The van der Waals surface area contributed by atoms with E-state index in [1.54, 1.807) is 0 Å². The van der Waals surface area contributed by atoms with Gasteiger partial charge in [-0.3, -0.25) is 0 Å². The molecule has 12 heteroatoms. The third-order valence-corrected chi connectivity index (χ3v) is 21.1. The van der Waals surface area contributed by atoms with Crippen molar-refractivity contribution < 1.29 is 27.9 Å². The van der Waals surface area contributed by atoms with Gasteiger partial charge in [0.25, 0.3) is 0 Å². The Balaban J connectivity index is 0.000000121. The van der Waals surface area contributed by atoms with E-state index >= 15 is 0 Å². The number of aromatic nitrogens is 2. The monoisotopic (exact) mass is 1240 g/mol. The van der Waals surface area contributed by atoms with Crippen LogP contribution in [0.25, 0.3) is 120 Å². The van der Waals surface area contributed by atoms with Gasteiger partial charge in [-0.05, 0) is 220 Å². The van der Waals surface area contributed by atoms with E-state index in [0.717, 1.165) is 21.1 Å². The first-order valence-electron chi connectivity index (χ1n) is 31.5. The average molecular weight is 1250 g/mol. The Morgan fingerprint density at radius 1 is 0.256 bits per heavy atom. The summed E-state index contributed by atoms with van der Waals surface area (Å²) in [6.45, 7) is 24.6. The number of para-hydroxylation sites is 2. The van der Waals surface area contributed by atoms with Crippen LogP contribution >= 0.6 is 15.9 Å². The van der Waals surface area contributed by atoms with Gasteiger partial charge >= 0.3 is 21.1 Å². The summed E-state index contributed by atoms with van der Waals surface area (Å²) in [5, 5.41) is 20.5. The maximum atomic E-state index is 6.45. The molecule has 0 atom stereocenters. The molecule has 0 saturated carbocycles. The molecular formula is C78H72B3BrN2O6. The lowest BCUT2D eigenvalue weighted by Crippen LogP contribution is -2.41. The number of hydrogen-bond acceptors (Lipinski definition) is 6. The minimum absolute atomic E-state index is 0.360. The number of rotatable bonds is 4. The maximum absolute atomic E-state index is 6.45. The topological polar surface area (TPSA) is 65.2 Å². The van der Waals surface area contributed by atoms with Gasteiger partial charge < -0.3 is 37.1 Å². The lowest BCUT2D eigenvalue weighted by atomic mass is 9.49. The molecule has 5 heterocycles. The summed E-state index contributed by atoms with van der Waals surface area (Å²) < 4.78 is 42.6. The lowest BCUT2D eigenvalue weighted by molar-refractivity contribution is 0.00578. The maximum Gasteiger partial charge on any atom is 0.494 e. The fourth-order valence-electron chi connectivity index (χ4n) is 13.7. The molecule has 0 bridgehead atoms. The highest BCUT2D eigenvalue weighted by Crippen LogP contribution is 2.46. The quantitative estimate of drug-likeness (QED) is 0.129. The van der Waals surface area contributed by atoms with Crippen molar-refractivity contribution in [3.63, 3.8) is 0 Å². The van der Waals surface area contributed by atoms with E-state index in [0.29, 0.717) is 0 Å². The highest BCUT2D eigenvalue weighted by molar-refractivity contribution is 9.10. The molecule has 0 amide bonds. The fraction of sp³-hybridized carbons (Fsp3) is 0.231. The van der Waals surface area contributed by atoms with E-state index in [-0.39, 0.29) is 22.4 Å². The molecule has 446 valence electrons. The largest absolute Gasteiger partial charge is 0.494 e. The van der Waals surface area contributed by atoms with Gasteiger partial charge in [-0.25, -0.2) is 0 Å². The van der Waals surface area contributed by atoms with Crippen molar-refractivity contribution in [2.24, 2.45) is 0 Å². The minimum Gasteiger partial charge on any atom is -0.405 e. The van der Waals surface area contributed by atoms with Crippen molar-refractivity contribution in [3.05, 3.63) is 223 Å². The summed E-state index contributed by atoms with van der Waals surface area (Å²) in [5.41, 5.74) is 5.92. The molecule has 0 aliphatic carbocycles. The summed E-state index contributed by atoms with van der Waals surface area (Å²) in [7, 11) is -1.37. The van der Waals surface area contributed by atoms with Crippen molar-refractivity contribution in [2.75, 3.05) is 0 Å². The zero-order valence-electron chi connectivity index (χ0n) is 53.2. The van der Waals surface area contributed by atoms with Crippen molar-refractivity contribution in [2.45, 2.75) is 117 Å². The van der Waals surface area contributed by atoms with Crippen LogP contribution in [0.1, 0.15) is 83.1 Å². The third kappa shape index (κ3) is 9.42. The van der Waals surface area contributed by atoms with Gasteiger partial charge in [-0.1, -0.05) is 168 Å². The summed E-state index contributed by atoms with van der Waals surface area (Å²) >= 11 is 3.69. The minimum atomic E-state index is -0.476. The molecule has 14 aromatic rings. The van der Waals surface area contributed by atoms with Crippen LogP contribution < -0.4 is 5.46 Å². The van der Waals surface area contributed by atoms with Gasteiger partial charge in [0, 0.05) is 37.4 Å². The Labute approximate surface area is 535 Å². The lowest BCUT2D eigenvalue weighted by Gasteiger charge is -2.32. The Morgan fingerprint density at radius 2 is 0.533 bits per heavy atom. The van der Waals surface area contributed by atoms with E-state index in [2.05, 4.69) is 271 Å². The van der Waals surface area contributed by atoms with E-state index < -0.39 is 32.3 Å². The SMILES string of the molecule is Brc1ccc2c3cc4c5ccccc5c5ccccc5c4cc3n(-c3ccccc3)c2c1.CC1(C)OB(B2OC(C)(C)C(C)(C)O2)OC1(C)C.CC1(C)OB(c2ccc3c4cc5c6ccccc6c6ccccc6c5cc4n(-c4ccccc4)c3c2)OC1(C)C. The van der Waals surface area contributed by atoms with Crippen LogP contribution in [0.2, 0.25) is 0 Å². The molecule has 3 aliphatic rings. The highest BCUT2D eigenvalue weighted by Gasteiger charge is 2.64. The average Bonchev–Trinajstić information content (AvgIpc) is 1.54. The zero-order valence-corrected chi connectivity index (χ0v) is 54.8. The van der Waals surface area contributed by atoms with Crippen LogP contribution in [0, 0.1) is 0 Å². The second kappa shape index (κ2) is 21.2. The summed E-state index contributed by atoms with van der Waals surface area (Å²) in [6, 6.07) is 79.2. The predicted molar refractivity (Wildman–Crippen MR) is 382 cm³/mol. The summed E-state index contributed by atoms with van der Waals surface area (Å²) in [4.78, 5) is 0. The zero-order chi connectivity index (χ0) is 62.4. The predicted octanol–water partition coefficient (Wildman–Crippen LogP) is 19.8. The van der Waals surface area contributed by atoms with Gasteiger partial charge in [0.15, 0.2) is 0 Å². The van der Waals surface area contributed by atoms with Crippen LogP contribution in [0.5, 0.6) is 0 Å². The first-order valence-corrected chi connectivity index (χ1v) is 32.3. The van der Waals surface area contributed by atoms with Crippen molar-refractivity contribution >= 4 is 151 Å². The van der Waals surface area contributed by atoms with E-state index in [1.165, 1.54) is 108 Å². The van der Waals surface area contributed by atoms with Gasteiger partial charge in [-0.2, -0.15) is 0 Å². The molecule has 3 fully saturated rings. The van der Waals surface area contributed by atoms with Crippen molar-refractivity contribution in [1.29, 1.82) is 0 Å². The fourth-order valence-corrected chi connectivity index (χ4v) is 14.0. The first kappa shape index (κ1) is 58.6. The molecule has 12 aromatic carbocycles. The van der Waals surface area contributed by atoms with Crippen LogP contribution in [0.3, 0.4) is 0 Å². The summed E-state index contributed by atoms with van der Waals surface area (Å²) in [6.07, 6.45) is 0. The number of hydrogen-bond donors (Lipinski definition) is 0. The van der Waals surface area contributed by atoms with E-state index in [9.17, 15) is 0 Å². The Hall–Kier alpha value is -7.77. The van der Waals surface area contributed by atoms with E-state index in [4.69, 9.17) is 27.9 Å². The van der Waals surface area contributed by atoms with Crippen LogP contribution in [-0.4, -0.2) is 63.9 Å². The number of nitrogens with zero attached hydrogens (tertiary/aromatic N) is 2. The molecule has 0 radical (unpaired) electrons. The molecule has 17 rings (SSSR count). The standard InChI is InChI=1S/C36H30BNO2.C30H18BrN.C12H24B2O4/c1-35(2)36(3,4)40-37(39-35)23-18-19-29-32-21-30-27-16-10-8-14-25(27)26-15-9-11-17-28(26)31(30)22-34(32)38(33(29)20-23)24-12-6-5-7-13-24;31-19-14-15-25-28-17-26-23-12-6-4-10-21(23)22-11-5-7-13-24(22)27(26)18-30(28)32(29(25)16-19)20-8-2-1-3-9-20;1-9(2)10(3,4)16-13(15-9)14-17-11(5,6)12(7,8)18-14/h5-22H,1-4H3;1-18H;1-8H3. The Morgan fingerprint density at radius 3 is 0.889 bits per heavy atom.